The lowest BCUT2D eigenvalue weighted by Crippen LogP contribution is -2.42. The van der Waals surface area contributed by atoms with Crippen LogP contribution in [0.5, 0.6) is 0 Å². The second-order valence-electron chi connectivity index (χ2n) is 4.33. The van der Waals surface area contributed by atoms with Gasteiger partial charge in [0.15, 0.2) is 0 Å². The van der Waals surface area contributed by atoms with Crippen molar-refractivity contribution < 1.29 is 14.7 Å². The van der Waals surface area contributed by atoms with Gasteiger partial charge < -0.3 is 5.11 Å². The molecule has 0 saturated carbocycles. The summed E-state index contributed by atoms with van der Waals surface area (Å²) in [6.45, 7) is 1.78. The van der Waals surface area contributed by atoms with Gasteiger partial charge in [0.25, 0.3) is 5.91 Å². The third kappa shape index (κ3) is 4.98. The summed E-state index contributed by atoms with van der Waals surface area (Å²) in [7, 11) is 1.70. The molecule has 19 heavy (non-hydrogen) atoms. The lowest BCUT2D eigenvalue weighted by Gasteiger charge is -2.21. The Labute approximate surface area is 117 Å². The van der Waals surface area contributed by atoms with Crippen molar-refractivity contribution in [1.82, 2.24) is 10.2 Å². The normalized spacial score (nSPS) is 12.3. The number of nitrogens with one attached hydrogen (secondary N) is 1. The molecule has 2 N–H and O–H groups in total. The Hall–Kier alpha value is -1.43. The molecule has 0 radical (unpaired) electrons. The second kappa shape index (κ2) is 7.23. The van der Waals surface area contributed by atoms with E-state index in [9.17, 15) is 9.59 Å². The van der Waals surface area contributed by atoms with Crippen LogP contribution in [0.25, 0.3) is 0 Å². The minimum atomic E-state index is -0.466. The van der Waals surface area contributed by atoms with Crippen molar-refractivity contribution in [2.24, 2.45) is 0 Å². The first-order valence-corrected chi connectivity index (χ1v) is 6.22. The first-order chi connectivity index (χ1) is 8.93. The van der Waals surface area contributed by atoms with Gasteiger partial charge >= 0.3 is 0 Å². The van der Waals surface area contributed by atoms with Gasteiger partial charge in [0.1, 0.15) is 0 Å². The van der Waals surface area contributed by atoms with Crippen molar-refractivity contribution >= 4 is 23.4 Å². The Kier molecular flexibility index (Phi) is 5.95. The van der Waals surface area contributed by atoms with Crippen LogP contribution in [0.4, 0.5) is 0 Å². The van der Waals surface area contributed by atoms with Crippen LogP contribution in [0.3, 0.4) is 0 Å². The number of benzene rings is 1. The molecule has 1 unspecified atom stereocenters. The molecule has 0 aromatic heterocycles. The first-order valence-electron chi connectivity index (χ1n) is 5.85. The summed E-state index contributed by atoms with van der Waals surface area (Å²) >= 11 is 5.71. The van der Waals surface area contributed by atoms with Gasteiger partial charge in [-0.1, -0.05) is 11.6 Å². The first kappa shape index (κ1) is 15.6. The number of hydrogen-bond donors (Lipinski definition) is 2. The number of carbonyl (C=O) groups excluding carboxylic acids is 2. The maximum absolute atomic E-state index is 11.7. The standard InChI is InChI=1S/C13H17ClN2O3/c1-9(8-17)16(2)7-12(18)15-13(19)10-3-5-11(14)6-4-10/h3-6,9,17H,7-8H2,1-2H3,(H,15,18,19). The number of nitrogens with zero attached hydrogens (tertiary/aromatic N) is 1. The van der Waals surface area contributed by atoms with Gasteiger partial charge in [-0.2, -0.15) is 0 Å². The number of hydrogen-bond acceptors (Lipinski definition) is 4. The number of halogens is 1. The summed E-state index contributed by atoms with van der Waals surface area (Å²) in [5.74, 6) is -0.880. The van der Waals surface area contributed by atoms with Crippen LogP contribution < -0.4 is 5.32 Å². The molecule has 104 valence electrons. The van der Waals surface area contributed by atoms with E-state index in [1.54, 1.807) is 43.1 Å². The minimum absolute atomic E-state index is 0.0427. The molecule has 1 aromatic rings. The molecule has 0 spiro atoms. The van der Waals surface area contributed by atoms with Crippen LogP contribution in [0.15, 0.2) is 24.3 Å². The van der Waals surface area contributed by atoms with E-state index in [1.165, 1.54) is 0 Å². The highest BCUT2D eigenvalue weighted by Crippen LogP contribution is 2.09. The summed E-state index contributed by atoms with van der Waals surface area (Å²) in [6.07, 6.45) is 0. The Bertz CT molecular complexity index is 448. The maximum atomic E-state index is 11.7. The van der Waals surface area contributed by atoms with E-state index in [4.69, 9.17) is 16.7 Å². The molecule has 1 aromatic carbocycles. The number of amides is 2. The molecule has 2 amide bonds. The van der Waals surface area contributed by atoms with Crippen molar-refractivity contribution in [3.8, 4) is 0 Å². The Morgan fingerprint density at radius 1 is 1.37 bits per heavy atom. The van der Waals surface area contributed by atoms with E-state index in [1.807, 2.05) is 0 Å². The van der Waals surface area contributed by atoms with E-state index in [0.29, 0.717) is 10.6 Å². The topological polar surface area (TPSA) is 69.6 Å². The summed E-state index contributed by atoms with van der Waals surface area (Å²) in [5, 5.41) is 11.8. The highest BCUT2D eigenvalue weighted by molar-refractivity contribution is 6.30. The fourth-order valence-corrected chi connectivity index (χ4v) is 1.49. The molecule has 0 saturated heterocycles. The monoisotopic (exact) mass is 284 g/mol. The number of aliphatic hydroxyl groups excluding tert-OH is 1. The molecule has 0 heterocycles. The van der Waals surface area contributed by atoms with Crippen molar-refractivity contribution in [2.45, 2.75) is 13.0 Å². The summed E-state index contributed by atoms with van der Waals surface area (Å²) in [5.41, 5.74) is 0.371. The molecular weight excluding hydrogens is 268 g/mol. The molecule has 0 aliphatic heterocycles. The van der Waals surface area contributed by atoms with Gasteiger partial charge in [0.2, 0.25) is 5.91 Å². The lowest BCUT2D eigenvalue weighted by molar-refractivity contribution is -0.121. The van der Waals surface area contributed by atoms with Crippen LogP contribution in [0, 0.1) is 0 Å². The average Bonchev–Trinajstić information content (AvgIpc) is 2.38. The number of rotatable bonds is 5. The molecule has 6 heteroatoms. The molecule has 0 bridgehead atoms. The summed E-state index contributed by atoms with van der Waals surface area (Å²) < 4.78 is 0. The highest BCUT2D eigenvalue weighted by atomic mass is 35.5. The molecular formula is C13H17ClN2O3. The zero-order valence-corrected chi connectivity index (χ0v) is 11.6. The van der Waals surface area contributed by atoms with E-state index >= 15 is 0 Å². The molecule has 0 aliphatic rings. The van der Waals surface area contributed by atoms with Crippen molar-refractivity contribution in [2.75, 3.05) is 20.2 Å². The molecule has 1 atom stereocenters. The van der Waals surface area contributed by atoms with Crippen LogP contribution in [-0.4, -0.2) is 48.1 Å². The molecule has 0 fully saturated rings. The van der Waals surface area contributed by atoms with E-state index in [2.05, 4.69) is 5.32 Å². The van der Waals surface area contributed by atoms with E-state index in [-0.39, 0.29) is 19.2 Å². The smallest absolute Gasteiger partial charge is 0.257 e. The molecule has 1 rings (SSSR count). The maximum Gasteiger partial charge on any atom is 0.257 e. The Morgan fingerprint density at radius 3 is 2.47 bits per heavy atom. The molecule has 0 aliphatic carbocycles. The average molecular weight is 285 g/mol. The zero-order chi connectivity index (χ0) is 14.4. The van der Waals surface area contributed by atoms with Gasteiger partial charge in [-0.25, -0.2) is 0 Å². The summed E-state index contributed by atoms with van der Waals surface area (Å²) in [4.78, 5) is 25.0. The van der Waals surface area contributed by atoms with Crippen molar-refractivity contribution in [3.05, 3.63) is 34.9 Å². The predicted molar refractivity (Wildman–Crippen MR) is 73.1 cm³/mol. The second-order valence-corrected chi connectivity index (χ2v) is 4.77. The predicted octanol–water partition coefficient (Wildman–Crippen LogP) is 0.909. The van der Waals surface area contributed by atoms with Crippen LogP contribution in [-0.2, 0) is 4.79 Å². The minimum Gasteiger partial charge on any atom is -0.395 e. The lowest BCUT2D eigenvalue weighted by atomic mass is 10.2. The van der Waals surface area contributed by atoms with Gasteiger partial charge in [-0.3, -0.25) is 19.8 Å². The number of carbonyl (C=O) groups is 2. The van der Waals surface area contributed by atoms with Crippen LogP contribution >= 0.6 is 11.6 Å². The van der Waals surface area contributed by atoms with Crippen LogP contribution in [0.2, 0.25) is 5.02 Å². The molecule has 5 nitrogen and oxygen atoms in total. The summed E-state index contributed by atoms with van der Waals surface area (Å²) in [6, 6.07) is 6.12. The van der Waals surface area contributed by atoms with E-state index < -0.39 is 11.8 Å². The van der Waals surface area contributed by atoms with Gasteiger partial charge in [-0.15, -0.1) is 0 Å². The zero-order valence-electron chi connectivity index (χ0n) is 10.9. The van der Waals surface area contributed by atoms with Gasteiger partial charge in [0, 0.05) is 16.6 Å². The number of aliphatic hydroxyl groups is 1. The third-order valence-electron chi connectivity index (χ3n) is 2.77. The van der Waals surface area contributed by atoms with Crippen molar-refractivity contribution in [1.29, 1.82) is 0 Å². The fraction of sp³-hybridized carbons (Fsp3) is 0.385. The van der Waals surface area contributed by atoms with Crippen LogP contribution in [0.1, 0.15) is 17.3 Å². The number of imide groups is 1. The SMILES string of the molecule is CC(CO)N(C)CC(=O)NC(=O)c1ccc(Cl)cc1. The third-order valence-corrected chi connectivity index (χ3v) is 3.02. The largest absolute Gasteiger partial charge is 0.395 e. The Balaban J connectivity index is 2.53. The highest BCUT2D eigenvalue weighted by Gasteiger charge is 2.15. The fourth-order valence-electron chi connectivity index (χ4n) is 1.36. The van der Waals surface area contributed by atoms with Gasteiger partial charge in [0.05, 0.1) is 13.2 Å². The van der Waals surface area contributed by atoms with E-state index in [0.717, 1.165) is 0 Å². The van der Waals surface area contributed by atoms with Gasteiger partial charge in [-0.05, 0) is 38.2 Å². The quantitative estimate of drug-likeness (QED) is 0.843. The Morgan fingerprint density at radius 2 is 1.95 bits per heavy atom. The number of likely N-dealkylation sites (N-methyl/N-ethyl adjacent to an activating group) is 1. The van der Waals surface area contributed by atoms with Crippen molar-refractivity contribution in [3.63, 3.8) is 0 Å².